The molecule has 1 aromatic carbocycles. The van der Waals surface area contributed by atoms with Crippen LogP contribution in [0.4, 0.5) is 0 Å². The number of amides is 1. The van der Waals surface area contributed by atoms with Gasteiger partial charge in [0, 0.05) is 12.1 Å². The van der Waals surface area contributed by atoms with Crippen molar-refractivity contribution in [2.45, 2.75) is 51.6 Å². The molecule has 6 heteroatoms. The molecule has 25 heavy (non-hydrogen) atoms. The number of oxazole rings is 1. The van der Waals surface area contributed by atoms with Crippen LogP contribution in [0, 0.1) is 0 Å². The molecule has 136 valence electrons. The number of aromatic nitrogens is 1. The van der Waals surface area contributed by atoms with E-state index in [1.54, 1.807) is 19.1 Å². The number of piperidine rings is 1. The Hall–Kier alpha value is -2.08. The third-order valence-corrected chi connectivity index (χ3v) is 5.19. The lowest BCUT2D eigenvalue weighted by atomic mass is 9.98. The molecule has 0 spiro atoms. The maximum absolute atomic E-state index is 12.6. The number of carbonyl (C=O) groups excluding carboxylic acids is 1. The van der Waals surface area contributed by atoms with Gasteiger partial charge in [0.25, 0.3) is 0 Å². The summed E-state index contributed by atoms with van der Waals surface area (Å²) in [4.78, 5) is 27.2. The van der Waals surface area contributed by atoms with E-state index in [0.717, 1.165) is 13.1 Å². The molecule has 1 amide bonds. The number of benzene rings is 1. The van der Waals surface area contributed by atoms with Gasteiger partial charge in [0.15, 0.2) is 5.58 Å². The molecule has 2 heterocycles. The van der Waals surface area contributed by atoms with E-state index in [1.165, 1.54) is 23.8 Å². The Morgan fingerprint density at radius 3 is 2.64 bits per heavy atom. The van der Waals surface area contributed by atoms with Crippen molar-refractivity contribution in [2.75, 3.05) is 19.6 Å². The van der Waals surface area contributed by atoms with Gasteiger partial charge in [-0.3, -0.25) is 14.3 Å². The first kappa shape index (κ1) is 17.7. The van der Waals surface area contributed by atoms with Gasteiger partial charge in [-0.1, -0.05) is 18.6 Å². The number of nitrogens with one attached hydrogen (secondary N) is 1. The van der Waals surface area contributed by atoms with Crippen LogP contribution >= 0.6 is 0 Å². The number of likely N-dealkylation sites (tertiary alicyclic amines) is 1. The highest BCUT2D eigenvalue weighted by Crippen LogP contribution is 2.21. The van der Waals surface area contributed by atoms with Gasteiger partial charge in [0.2, 0.25) is 5.91 Å². The molecule has 1 aliphatic heterocycles. The number of hydrogen-bond acceptors (Lipinski definition) is 4. The summed E-state index contributed by atoms with van der Waals surface area (Å²) in [6.07, 6.45) is 3.71. The monoisotopic (exact) mass is 345 g/mol. The van der Waals surface area contributed by atoms with Crippen LogP contribution in [0.1, 0.15) is 46.1 Å². The van der Waals surface area contributed by atoms with E-state index >= 15 is 0 Å². The van der Waals surface area contributed by atoms with Gasteiger partial charge >= 0.3 is 5.76 Å². The van der Waals surface area contributed by atoms with Crippen LogP contribution in [0.15, 0.2) is 33.5 Å². The van der Waals surface area contributed by atoms with Crippen LogP contribution in [-0.4, -0.2) is 40.5 Å². The van der Waals surface area contributed by atoms with E-state index in [-0.39, 0.29) is 11.4 Å². The SMILES string of the molecule is CC(C(=O)NCC(C)(C)N1CCCCC1)n1c(=O)oc2ccccc21. The Morgan fingerprint density at radius 2 is 1.92 bits per heavy atom. The molecule has 2 aromatic rings. The maximum Gasteiger partial charge on any atom is 0.420 e. The average Bonchev–Trinajstić information content (AvgIpc) is 2.95. The predicted octanol–water partition coefficient (Wildman–Crippen LogP) is 2.54. The van der Waals surface area contributed by atoms with Gasteiger partial charge in [-0.25, -0.2) is 4.79 Å². The fourth-order valence-corrected chi connectivity index (χ4v) is 3.53. The molecule has 1 saturated heterocycles. The first-order valence-electron chi connectivity index (χ1n) is 9.03. The number of fused-ring (bicyclic) bond motifs is 1. The van der Waals surface area contributed by atoms with Crippen molar-refractivity contribution >= 4 is 17.0 Å². The molecule has 1 aromatic heterocycles. The predicted molar refractivity (Wildman–Crippen MR) is 97.7 cm³/mol. The van der Waals surface area contributed by atoms with E-state index in [0.29, 0.717) is 17.6 Å². The highest BCUT2D eigenvalue weighted by Gasteiger charge is 2.29. The number of nitrogens with zero attached hydrogens (tertiary/aromatic N) is 2. The van der Waals surface area contributed by atoms with Gasteiger partial charge in [-0.15, -0.1) is 0 Å². The first-order valence-corrected chi connectivity index (χ1v) is 9.03. The second-order valence-corrected chi connectivity index (χ2v) is 7.46. The lowest BCUT2D eigenvalue weighted by Crippen LogP contribution is -2.54. The summed E-state index contributed by atoms with van der Waals surface area (Å²) < 4.78 is 6.65. The van der Waals surface area contributed by atoms with Crippen molar-refractivity contribution in [3.05, 3.63) is 34.8 Å². The zero-order valence-corrected chi connectivity index (χ0v) is 15.2. The van der Waals surface area contributed by atoms with E-state index in [2.05, 4.69) is 24.1 Å². The van der Waals surface area contributed by atoms with Gasteiger partial charge in [-0.05, 0) is 58.8 Å². The quantitative estimate of drug-likeness (QED) is 0.904. The van der Waals surface area contributed by atoms with Crippen LogP contribution in [0.5, 0.6) is 0 Å². The lowest BCUT2D eigenvalue weighted by molar-refractivity contribution is -0.124. The van der Waals surface area contributed by atoms with E-state index in [9.17, 15) is 9.59 Å². The smallest absolute Gasteiger partial charge is 0.408 e. The Bertz CT molecular complexity index is 800. The normalized spacial score (nSPS) is 17.6. The fourth-order valence-electron chi connectivity index (χ4n) is 3.53. The molecule has 6 nitrogen and oxygen atoms in total. The topological polar surface area (TPSA) is 67.5 Å². The first-order chi connectivity index (χ1) is 11.9. The minimum atomic E-state index is -0.617. The molecule has 1 fully saturated rings. The Balaban J connectivity index is 1.70. The van der Waals surface area contributed by atoms with Gasteiger partial charge < -0.3 is 9.73 Å². The summed E-state index contributed by atoms with van der Waals surface area (Å²) in [6, 6.07) is 6.55. The van der Waals surface area contributed by atoms with Crippen LogP contribution in [0.25, 0.3) is 11.1 Å². The summed E-state index contributed by atoms with van der Waals surface area (Å²) in [5.74, 6) is -0.669. The van der Waals surface area contributed by atoms with Crippen molar-refractivity contribution in [3.8, 4) is 0 Å². The third-order valence-electron chi connectivity index (χ3n) is 5.19. The molecule has 0 aliphatic carbocycles. The van der Waals surface area contributed by atoms with Crippen molar-refractivity contribution in [1.82, 2.24) is 14.8 Å². The molecule has 1 N–H and O–H groups in total. The van der Waals surface area contributed by atoms with E-state index in [4.69, 9.17) is 4.42 Å². The molecular weight excluding hydrogens is 318 g/mol. The van der Waals surface area contributed by atoms with Crippen LogP contribution in [-0.2, 0) is 4.79 Å². The summed E-state index contributed by atoms with van der Waals surface area (Å²) >= 11 is 0. The van der Waals surface area contributed by atoms with Crippen LogP contribution < -0.4 is 11.1 Å². The third kappa shape index (κ3) is 3.63. The van der Waals surface area contributed by atoms with Gasteiger partial charge in [0.05, 0.1) is 5.52 Å². The number of hydrogen-bond donors (Lipinski definition) is 1. The van der Waals surface area contributed by atoms with E-state index in [1.807, 2.05) is 12.1 Å². The van der Waals surface area contributed by atoms with Crippen molar-refractivity contribution < 1.29 is 9.21 Å². The summed E-state index contributed by atoms with van der Waals surface area (Å²) in [5, 5.41) is 3.02. The second kappa shape index (κ2) is 7.04. The highest BCUT2D eigenvalue weighted by molar-refractivity contribution is 5.82. The zero-order chi connectivity index (χ0) is 18.0. The highest BCUT2D eigenvalue weighted by atomic mass is 16.4. The minimum absolute atomic E-state index is 0.0980. The fraction of sp³-hybridized carbons (Fsp3) is 0.579. The summed E-state index contributed by atoms with van der Waals surface area (Å²) in [7, 11) is 0. The Labute approximate surface area is 147 Å². The maximum atomic E-state index is 12.6. The molecule has 0 saturated carbocycles. The van der Waals surface area contributed by atoms with Crippen molar-refractivity contribution in [1.29, 1.82) is 0 Å². The van der Waals surface area contributed by atoms with Crippen LogP contribution in [0.3, 0.4) is 0 Å². The molecule has 0 bridgehead atoms. The minimum Gasteiger partial charge on any atom is -0.408 e. The molecule has 1 unspecified atom stereocenters. The number of rotatable bonds is 5. The lowest BCUT2D eigenvalue weighted by Gasteiger charge is -2.41. The van der Waals surface area contributed by atoms with Crippen molar-refractivity contribution in [3.63, 3.8) is 0 Å². The average molecular weight is 345 g/mol. The molecule has 1 aliphatic rings. The standard InChI is InChI=1S/C19H27N3O3/c1-14(22-15-9-5-6-10-16(15)25-18(22)24)17(23)20-13-19(2,3)21-11-7-4-8-12-21/h5-6,9-10,14H,4,7-8,11-13H2,1-3H3,(H,20,23). The molecule has 0 radical (unpaired) electrons. The number of para-hydroxylation sites is 2. The van der Waals surface area contributed by atoms with Gasteiger partial charge in [-0.2, -0.15) is 0 Å². The Morgan fingerprint density at radius 1 is 1.24 bits per heavy atom. The molecular formula is C19H27N3O3. The number of carbonyl (C=O) groups is 1. The molecule has 3 rings (SSSR count). The van der Waals surface area contributed by atoms with Gasteiger partial charge in [0.1, 0.15) is 6.04 Å². The second-order valence-electron chi connectivity index (χ2n) is 7.46. The largest absolute Gasteiger partial charge is 0.420 e. The summed E-state index contributed by atoms with van der Waals surface area (Å²) in [5.41, 5.74) is 1.05. The summed E-state index contributed by atoms with van der Waals surface area (Å²) in [6.45, 7) is 8.74. The van der Waals surface area contributed by atoms with E-state index < -0.39 is 11.8 Å². The van der Waals surface area contributed by atoms with Crippen molar-refractivity contribution in [2.24, 2.45) is 0 Å². The van der Waals surface area contributed by atoms with Crippen LogP contribution in [0.2, 0.25) is 0 Å². The Kier molecular flexibility index (Phi) is 4.99. The molecule has 1 atom stereocenters. The zero-order valence-electron chi connectivity index (χ0n) is 15.2.